The zero-order valence-corrected chi connectivity index (χ0v) is 13.5. The van der Waals surface area contributed by atoms with E-state index in [-0.39, 0.29) is 5.91 Å². The van der Waals surface area contributed by atoms with Crippen LogP contribution in [-0.4, -0.2) is 11.9 Å². The highest BCUT2D eigenvalue weighted by atomic mass is 16.1. The SMILES string of the molecule is CC(C)(C)C1CCC(NCc2ccccc2C(N)=O)CC1. The van der Waals surface area contributed by atoms with Crippen LogP contribution in [0.2, 0.25) is 0 Å². The molecule has 0 spiro atoms. The fourth-order valence-corrected chi connectivity index (χ4v) is 3.33. The van der Waals surface area contributed by atoms with Crippen LogP contribution in [0.5, 0.6) is 0 Å². The highest BCUT2D eigenvalue weighted by Gasteiger charge is 2.29. The van der Waals surface area contributed by atoms with Gasteiger partial charge in [-0.05, 0) is 48.6 Å². The fourth-order valence-electron chi connectivity index (χ4n) is 3.33. The maximum atomic E-state index is 11.4. The molecular weight excluding hydrogens is 260 g/mol. The van der Waals surface area contributed by atoms with E-state index in [1.165, 1.54) is 25.7 Å². The Morgan fingerprint density at radius 3 is 2.38 bits per heavy atom. The summed E-state index contributed by atoms with van der Waals surface area (Å²) in [7, 11) is 0. The molecule has 0 bridgehead atoms. The van der Waals surface area contributed by atoms with Crippen molar-refractivity contribution in [3.05, 3.63) is 35.4 Å². The summed E-state index contributed by atoms with van der Waals surface area (Å²) in [5, 5.41) is 3.60. The van der Waals surface area contributed by atoms with Crippen LogP contribution in [0, 0.1) is 11.3 Å². The number of nitrogens with one attached hydrogen (secondary N) is 1. The van der Waals surface area contributed by atoms with Gasteiger partial charge < -0.3 is 11.1 Å². The highest BCUT2D eigenvalue weighted by molar-refractivity contribution is 5.94. The maximum Gasteiger partial charge on any atom is 0.249 e. The zero-order valence-electron chi connectivity index (χ0n) is 13.5. The quantitative estimate of drug-likeness (QED) is 0.891. The Morgan fingerprint density at radius 1 is 1.19 bits per heavy atom. The Morgan fingerprint density at radius 2 is 1.81 bits per heavy atom. The molecule has 3 nitrogen and oxygen atoms in total. The zero-order chi connectivity index (χ0) is 15.5. The molecule has 1 saturated carbocycles. The summed E-state index contributed by atoms with van der Waals surface area (Å²) >= 11 is 0. The Balaban J connectivity index is 1.87. The topological polar surface area (TPSA) is 55.1 Å². The van der Waals surface area contributed by atoms with Crippen LogP contribution in [0.4, 0.5) is 0 Å². The molecule has 1 aromatic rings. The van der Waals surface area contributed by atoms with Crippen molar-refractivity contribution in [3.8, 4) is 0 Å². The van der Waals surface area contributed by atoms with Gasteiger partial charge in [-0.25, -0.2) is 0 Å². The van der Waals surface area contributed by atoms with E-state index >= 15 is 0 Å². The minimum absolute atomic E-state index is 0.344. The molecule has 1 fully saturated rings. The number of benzene rings is 1. The van der Waals surface area contributed by atoms with Crippen LogP contribution >= 0.6 is 0 Å². The van der Waals surface area contributed by atoms with Crippen molar-refractivity contribution in [2.24, 2.45) is 17.1 Å². The highest BCUT2D eigenvalue weighted by Crippen LogP contribution is 2.37. The molecule has 0 radical (unpaired) electrons. The number of hydrogen-bond acceptors (Lipinski definition) is 2. The van der Waals surface area contributed by atoms with Crippen LogP contribution in [0.1, 0.15) is 62.4 Å². The third-order valence-corrected chi connectivity index (χ3v) is 4.82. The Labute approximate surface area is 128 Å². The van der Waals surface area contributed by atoms with Crippen molar-refractivity contribution in [2.75, 3.05) is 0 Å². The van der Waals surface area contributed by atoms with E-state index in [0.29, 0.717) is 17.0 Å². The van der Waals surface area contributed by atoms with Crippen LogP contribution in [0.15, 0.2) is 24.3 Å². The van der Waals surface area contributed by atoms with Gasteiger partial charge in [-0.1, -0.05) is 39.0 Å². The predicted molar refractivity (Wildman–Crippen MR) is 87.0 cm³/mol. The molecule has 3 N–H and O–H groups in total. The number of nitrogens with two attached hydrogens (primary N) is 1. The van der Waals surface area contributed by atoms with E-state index in [0.717, 1.165) is 18.0 Å². The summed E-state index contributed by atoms with van der Waals surface area (Å²) in [5.41, 5.74) is 7.48. The van der Waals surface area contributed by atoms with Gasteiger partial charge in [0.15, 0.2) is 0 Å². The average Bonchev–Trinajstić information content (AvgIpc) is 2.45. The Bertz CT molecular complexity index is 482. The summed E-state index contributed by atoms with van der Waals surface area (Å²) in [6, 6.07) is 8.16. The molecule has 0 unspecified atom stereocenters. The molecule has 116 valence electrons. The monoisotopic (exact) mass is 288 g/mol. The lowest BCUT2D eigenvalue weighted by Crippen LogP contribution is -2.36. The number of carbonyl (C=O) groups excluding carboxylic acids is 1. The molecule has 0 aromatic heterocycles. The van der Waals surface area contributed by atoms with Crippen molar-refractivity contribution < 1.29 is 4.79 Å². The van der Waals surface area contributed by atoms with Gasteiger partial charge in [-0.15, -0.1) is 0 Å². The van der Waals surface area contributed by atoms with Gasteiger partial charge in [0.2, 0.25) is 5.91 Å². The first-order chi connectivity index (χ1) is 9.88. The van der Waals surface area contributed by atoms with Crippen molar-refractivity contribution in [1.29, 1.82) is 0 Å². The Kier molecular flexibility index (Phi) is 5.04. The van der Waals surface area contributed by atoms with Gasteiger partial charge in [0.25, 0.3) is 0 Å². The second-order valence-electron chi connectivity index (χ2n) is 7.32. The molecule has 21 heavy (non-hydrogen) atoms. The maximum absolute atomic E-state index is 11.4. The summed E-state index contributed by atoms with van der Waals surface area (Å²) in [6.07, 6.45) is 5.03. The third-order valence-electron chi connectivity index (χ3n) is 4.82. The summed E-state index contributed by atoms with van der Waals surface area (Å²) in [5.74, 6) is 0.484. The number of rotatable bonds is 4. The molecule has 2 rings (SSSR count). The van der Waals surface area contributed by atoms with E-state index in [1.54, 1.807) is 6.07 Å². The second kappa shape index (κ2) is 6.61. The van der Waals surface area contributed by atoms with Crippen LogP contribution in [-0.2, 0) is 6.54 Å². The number of amides is 1. The minimum Gasteiger partial charge on any atom is -0.366 e. The molecule has 1 aromatic carbocycles. The van der Waals surface area contributed by atoms with Crippen molar-refractivity contribution in [2.45, 2.75) is 59.0 Å². The lowest BCUT2D eigenvalue weighted by Gasteiger charge is -2.37. The van der Waals surface area contributed by atoms with Gasteiger partial charge in [-0.3, -0.25) is 4.79 Å². The van der Waals surface area contributed by atoms with Crippen LogP contribution in [0.25, 0.3) is 0 Å². The van der Waals surface area contributed by atoms with E-state index in [4.69, 9.17) is 5.73 Å². The molecule has 0 heterocycles. The number of carbonyl (C=O) groups is 1. The lowest BCUT2D eigenvalue weighted by atomic mass is 9.71. The first-order valence-electron chi connectivity index (χ1n) is 7.99. The summed E-state index contributed by atoms with van der Waals surface area (Å²) in [4.78, 5) is 11.4. The van der Waals surface area contributed by atoms with Crippen LogP contribution in [0.3, 0.4) is 0 Å². The van der Waals surface area contributed by atoms with E-state index in [9.17, 15) is 4.79 Å². The van der Waals surface area contributed by atoms with Gasteiger partial charge in [-0.2, -0.15) is 0 Å². The molecule has 0 atom stereocenters. The van der Waals surface area contributed by atoms with Gasteiger partial charge in [0.05, 0.1) is 0 Å². The van der Waals surface area contributed by atoms with Crippen LogP contribution < -0.4 is 11.1 Å². The average molecular weight is 288 g/mol. The standard InChI is InChI=1S/C18H28N2O/c1-18(2,3)14-8-10-15(11-9-14)20-12-13-6-4-5-7-16(13)17(19)21/h4-7,14-15,20H,8-12H2,1-3H3,(H2,19,21). The lowest BCUT2D eigenvalue weighted by molar-refractivity contribution is 0.0999. The van der Waals surface area contributed by atoms with E-state index < -0.39 is 0 Å². The van der Waals surface area contributed by atoms with Gasteiger partial charge >= 0.3 is 0 Å². The summed E-state index contributed by atoms with van der Waals surface area (Å²) in [6.45, 7) is 7.75. The second-order valence-corrected chi connectivity index (χ2v) is 7.32. The first-order valence-corrected chi connectivity index (χ1v) is 7.99. The molecule has 1 aliphatic rings. The Hall–Kier alpha value is -1.35. The number of primary amides is 1. The largest absolute Gasteiger partial charge is 0.366 e. The molecule has 3 heteroatoms. The smallest absolute Gasteiger partial charge is 0.249 e. The van der Waals surface area contributed by atoms with Crippen molar-refractivity contribution in [3.63, 3.8) is 0 Å². The van der Waals surface area contributed by atoms with E-state index in [2.05, 4.69) is 26.1 Å². The molecule has 0 saturated heterocycles. The molecule has 1 amide bonds. The molecule has 0 aliphatic heterocycles. The number of hydrogen-bond donors (Lipinski definition) is 2. The van der Waals surface area contributed by atoms with E-state index in [1.807, 2.05) is 18.2 Å². The van der Waals surface area contributed by atoms with Gasteiger partial charge in [0.1, 0.15) is 0 Å². The minimum atomic E-state index is -0.344. The van der Waals surface area contributed by atoms with Crippen molar-refractivity contribution >= 4 is 5.91 Å². The van der Waals surface area contributed by atoms with Crippen molar-refractivity contribution in [1.82, 2.24) is 5.32 Å². The normalized spacial score (nSPS) is 23.0. The third kappa shape index (κ3) is 4.31. The molecular formula is C18H28N2O. The molecule has 1 aliphatic carbocycles. The predicted octanol–water partition coefficient (Wildman–Crippen LogP) is 3.48. The summed E-state index contributed by atoms with van der Waals surface area (Å²) < 4.78 is 0. The fraction of sp³-hybridized carbons (Fsp3) is 0.611. The first kappa shape index (κ1) is 16.0. The van der Waals surface area contributed by atoms with Gasteiger partial charge in [0, 0.05) is 18.2 Å².